The van der Waals surface area contributed by atoms with Crippen molar-refractivity contribution in [3.63, 3.8) is 0 Å². The Bertz CT molecular complexity index is 999. The van der Waals surface area contributed by atoms with E-state index in [0.29, 0.717) is 16.2 Å². The quantitative estimate of drug-likeness (QED) is 0.434. The first-order valence-corrected chi connectivity index (χ1v) is 10.6. The maximum atomic E-state index is 13.2. The number of ketones is 1. The predicted molar refractivity (Wildman–Crippen MR) is 107 cm³/mol. The summed E-state index contributed by atoms with van der Waals surface area (Å²) in [5, 5.41) is 0. The smallest absolute Gasteiger partial charge is 0.198 e. The summed E-state index contributed by atoms with van der Waals surface area (Å²) in [5.41, 5.74) is 0.323. The van der Waals surface area contributed by atoms with E-state index in [2.05, 4.69) is 0 Å². The maximum Gasteiger partial charge on any atom is 0.198 e. The van der Waals surface area contributed by atoms with Crippen molar-refractivity contribution >= 4 is 27.4 Å². The standard InChI is InChI=1S/C21H18O4S2/c1-25-17-14-12-16(13-15-17)20(22)21(26-18-8-4-2-5-9-18)27(23,24)19-10-6-3-7-11-19/h2-15,21H,1H3. The molecule has 0 saturated carbocycles. The van der Waals surface area contributed by atoms with E-state index in [1.54, 1.807) is 54.6 Å². The molecule has 0 aliphatic heterocycles. The van der Waals surface area contributed by atoms with Crippen LogP contribution in [0.25, 0.3) is 0 Å². The normalized spacial score (nSPS) is 12.3. The molecule has 1 unspecified atom stereocenters. The number of ether oxygens (including phenoxy) is 1. The van der Waals surface area contributed by atoms with Crippen molar-refractivity contribution in [1.29, 1.82) is 0 Å². The highest BCUT2D eigenvalue weighted by Crippen LogP contribution is 2.33. The summed E-state index contributed by atoms with van der Waals surface area (Å²) in [7, 11) is -2.35. The topological polar surface area (TPSA) is 60.4 Å². The van der Waals surface area contributed by atoms with Crippen LogP contribution in [0.15, 0.2) is 94.7 Å². The summed E-state index contributed by atoms with van der Waals surface area (Å²) in [5.74, 6) is 0.139. The third kappa shape index (κ3) is 4.40. The van der Waals surface area contributed by atoms with E-state index in [1.807, 2.05) is 18.2 Å². The van der Waals surface area contributed by atoms with Gasteiger partial charge in [-0.25, -0.2) is 8.42 Å². The third-order valence-electron chi connectivity index (χ3n) is 3.93. The molecule has 3 aromatic carbocycles. The Balaban J connectivity index is 2.02. The largest absolute Gasteiger partial charge is 0.497 e. The van der Waals surface area contributed by atoms with Crippen LogP contribution in [-0.4, -0.2) is 25.9 Å². The second-order valence-electron chi connectivity index (χ2n) is 5.71. The minimum Gasteiger partial charge on any atom is -0.497 e. The van der Waals surface area contributed by atoms with Crippen LogP contribution in [0.3, 0.4) is 0 Å². The fourth-order valence-corrected chi connectivity index (χ4v) is 5.69. The number of methoxy groups -OCH3 is 1. The molecular weight excluding hydrogens is 380 g/mol. The van der Waals surface area contributed by atoms with Crippen molar-refractivity contribution in [3.05, 3.63) is 90.5 Å². The van der Waals surface area contributed by atoms with E-state index in [1.165, 1.54) is 19.2 Å². The van der Waals surface area contributed by atoms with E-state index >= 15 is 0 Å². The van der Waals surface area contributed by atoms with Crippen LogP contribution in [0.5, 0.6) is 5.75 Å². The van der Waals surface area contributed by atoms with Crippen LogP contribution in [0.1, 0.15) is 10.4 Å². The molecule has 0 heterocycles. The molecule has 27 heavy (non-hydrogen) atoms. The van der Waals surface area contributed by atoms with Crippen LogP contribution < -0.4 is 4.74 Å². The van der Waals surface area contributed by atoms with Gasteiger partial charge in [-0.05, 0) is 48.5 Å². The highest BCUT2D eigenvalue weighted by atomic mass is 32.3. The first-order chi connectivity index (χ1) is 13.0. The average molecular weight is 399 g/mol. The Morgan fingerprint density at radius 3 is 1.96 bits per heavy atom. The van der Waals surface area contributed by atoms with Crippen LogP contribution in [-0.2, 0) is 9.84 Å². The second kappa shape index (κ2) is 8.41. The van der Waals surface area contributed by atoms with Gasteiger partial charge in [-0.2, -0.15) is 0 Å². The predicted octanol–water partition coefficient (Wildman–Crippen LogP) is 4.47. The number of thioether (sulfide) groups is 1. The molecular formula is C21H18O4S2. The number of benzene rings is 3. The van der Waals surface area contributed by atoms with Crippen molar-refractivity contribution in [2.45, 2.75) is 14.4 Å². The van der Waals surface area contributed by atoms with Gasteiger partial charge in [0.1, 0.15) is 5.75 Å². The number of carbonyl (C=O) groups is 1. The Labute approximate surface area is 163 Å². The fourth-order valence-electron chi connectivity index (χ4n) is 2.51. The molecule has 3 rings (SSSR count). The molecule has 4 nitrogen and oxygen atoms in total. The van der Waals surface area contributed by atoms with E-state index in [4.69, 9.17) is 4.74 Å². The molecule has 0 bridgehead atoms. The summed E-state index contributed by atoms with van der Waals surface area (Å²) in [4.78, 5) is 14.0. The minimum atomic E-state index is -3.88. The Hall–Kier alpha value is -2.57. The van der Waals surface area contributed by atoms with Gasteiger partial charge >= 0.3 is 0 Å². The molecule has 0 radical (unpaired) electrons. The van der Waals surface area contributed by atoms with E-state index in [9.17, 15) is 13.2 Å². The van der Waals surface area contributed by atoms with E-state index in [0.717, 1.165) is 11.8 Å². The molecule has 138 valence electrons. The van der Waals surface area contributed by atoms with Gasteiger partial charge in [0.25, 0.3) is 0 Å². The zero-order valence-electron chi connectivity index (χ0n) is 14.6. The van der Waals surface area contributed by atoms with Gasteiger partial charge in [0, 0.05) is 10.5 Å². The molecule has 0 amide bonds. The van der Waals surface area contributed by atoms with Gasteiger partial charge in [0.05, 0.1) is 12.0 Å². The molecule has 0 aliphatic rings. The lowest BCUT2D eigenvalue weighted by atomic mass is 10.1. The SMILES string of the molecule is COc1ccc(C(=O)C(Sc2ccccc2)S(=O)(=O)c2ccccc2)cc1. The van der Waals surface area contributed by atoms with Gasteiger partial charge in [-0.1, -0.05) is 48.2 Å². The number of sulfone groups is 1. The number of hydrogen-bond donors (Lipinski definition) is 0. The number of rotatable bonds is 7. The highest BCUT2D eigenvalue weighted by Gasteiger charge is 2.35. The molecule has 6 heteroatoms. The molecule has 0 aliphatic carbocycles. The van der Waals surface area contributed by atoms with Crippen LogP contribution in [0, 0.1) is 0 Å². The van der Waals surface area contributed by atoms with Gasteiger partial charge < -0.3 is 4.74 Å². The van der Waals surface area contributed by atoms with Crippen molar-refractivity contribution in [1.82, 2.24) is 0 Å². The molecule has 0 N–H and O–H groups in total. The zero-order valence-corrected chi connectivity index (χ0v) is 16.2. The molecule has 3 aromatic rings. The minimum absolute atomic E-state index is 0.125. The summed E-state index contributed by atoms with van der Waals surface area (Å²) in [6.07, 6.45) is 0. The lowest BCUT2D eigenvalue weighted by Crippen LogP contribution is -2.27. The molecule has 0 saturated heterocycles. The summed E-state index contributed by atoms with van der Waals surface area (Å²) < 4.78 is 30.2. The molecule has 0 spiro atoms. The average Bonchev–Trinajstić information content (AvgIpc) is 2.73. The summed E-state index contributed by atoms with van der Waals surface area (Å²) >= 11 is 1.03. The van der Waals surface area contributed by atoms with Crippen molar-refractivity contribution in [3.8, 4) is 5.75 Å². The first-order valence-electron chi connectivity index (χ1n) is 8.21. The zero-order chi connectivity index (χ0) is 19.3. The van der Waals surface area contributed by atoms with Gasteiger partial charge in [0.15, 0.2) is 20.2 Å². The van der Waals surface area contributed by atoms with Crippen LogP contribution in [0.4, 0.5) is 0 Å². The molecule has 0 fully saturated rings. The van der Waals surface area contributed by atoms with Crippen molar-refractivity contribution in [2.75, 3.05) is 7.11 Å². The highest BCUT2D eigenvalue weighted by molar-refractivity contribution is 8.14. The van der Waals surface area contributed by atoms with Gasteiger partial charge in [-0.15, -0.1) is 0 Å². The van der Waals surface area contributed by atoms with E-state index in [-0.39, 0.29) is 4.90 Å². The Morgan fingerprint density at radius 1 is 0.852 bits per heavy atom. The molecule has 1 atom stereocenters. The van der Waals surface area contributed by atoms with Crippen molar-refractivity contribution in [2.24, 2.45) is 0 Å². The number of Topliss-reactive ketones (excluding diaryl/α,β-unsaturated/α-hetero) is 1. The van der Waals surface area contributed by atoms with Gasteiger partial charge in [0.2, 0.25) is 0 Å². The monoisotopic (exact) mass is 398 g/mol. The lowest BCUT2D eigenvalue weighted by Gasteiger charge is -2.17. The van der Waals surface area contributed by atoms with Crippen LogP contribution in [0.2, 0.25) is 0 Å². The number of carbonyl (C=O) groups excluding carboxylic acids is 1. The molecule has 0 aromatic heterocycles. The number of hydrogen-bond acceptors (Lipinski definition) is 5. The van der Waals surface area contributed by atoms with E-state index < -0.39 is 20.2 Å². The van der Waals surface area contributed by atoms with Gasteiger partial charge in [-0.3, -0.25) is 4.79 Å². The summed E-state index contributed by atoms with van der Waals surface area (Å²) in [6.45, 7) is 0. The maximum absolute atomic E-state index is 13.2. The van der Waals surface area contributed by atoms with Crippen LogP contribution >= 0.6 is 11.8 Å². The summed E-state index contributed by atoms with van der Waals surface area (Å²) in [6, 6.07) is 23.6. The fraction of sp³-hybridized carbons (Fsp3) is 0.0952. The first kappa shape index (κ1) is 19.2. The Morgan fingerprint density at radius 2 is 1.41 bits per heavy atom. The second-order valence-corrected chi connectivity index (χ2v) is 9.22. The third-order valence-corrected chi connectivity index (χ3v) is 7.66. The van der Waals surface area contributed by atoms with Crippen molar-refractivity contribution < 1.29 is 17.9 Å². The Kier molecular flexibility index (Phi) is 5.98. The lowest BCUT2D eigenvalue weighted by molar-refractivity contribution is 0.101.